The van der Waals surface area contributed by atoms with Crippen molar-refractivity contribution in [2.24, 2.45) is 0 Å². The first-order valence-corrected chi connectivity index (χ1v) is 20.7. The van der Waals surface area contributed by atoms with Crippen LogP contribution in [0.4, 0.5) is 0 Å². The molecular weight excluding hydrogens is 747 g/mol. The quantitative estimate of drug-likeness (QED) is 0.0763. The smallest absolute Gasteiger partial charge is 0.744 e. The van der Waals surface area contributed by atoms with Gasteiger partial charge in [-0.2, -0.15) is 0 Å². The molecule has 1 atom stereocenters. The fourth-order valence-electron chi connectivity index (χ4n) is 5.85. The van der Waals surface area contributed by atoms with Crippen LogP contribution in [0.2, 0.25) is 0 Å². The standard InChI is InChI=1S/C35H25O9PS4.Na/c1-43-23-12-8-21(9-13-23)30-19-28-34(46-30)33(27-17-16-26(48(37,38)39)18-32(27)49(40,41)42)35-29(45(28,36)25-6-4-3-5-7-25)20-31(47-35)22-10-14-24(44-2)15-11-22;/h3-20H,1-2H3,(H-,37,38,39,40,41,42);/q;+1/p-1. The average molecular weight is 771 g/mol. The van der Waals surface area contributed by atoms with Crippen molar-refractivity contribution in [3.05, 3.63) is 135 Å². The Morgan fingerprint density at radius 2 is 1.34 bits per heavy atom. The van der Waals surface area contributed by atoms with Crippen LogP contribution in [0.1, 0.15) is 16.0 Å². The van der Waals surface area contributed by atoms with E-state index in [4.69, 9.17) is 9.47 Å². The normalized spacial score (nSPS) is 16.9. The Morgan fingerprint density at radius 3 is 1.90 bits per heavy atom. The Kier molecular flexibility index (Phi) is 10.1. The van der Waals surface area contributed by atoms with E-state index in [0.29, 0.717) is 48.8 Å². The molecule has 1 aromatic heterocycles. The molecular formula is C35H24NaO9PS4. The van der Waals surface area contributed by atoms with Crippen LogP contribution in [-0.2, 0) is 36.2 Å². The number of allylic oxidation sites excluding steroid dienone is 2. The van der Waals surface area contributed by atoms with Gasteiger partial charge in [0.2, 0.25) is 16.2 Å². The summed E-state index contributed by atoms with van der Waals surface area (Å²) in [5.74, 6) is 1.28. The van der Waals surface area contributed by atoms with Crippen LogP contribution in [0.25, 0.3) is 16.0 Å². The predicted molar refractivity (Wildman–Crippen MR) is 191 cm³/mol. The topological polar surface area (TPSA) is 150 Å². The van der Waals surface area contributed by atoms with E-state index in [1.165, 1.54) is 22.7 Å². The zero-order chi connectivity index (χ0) is 34.7. The molecule has 0 radical (unpaired) electrons. The molecule has 50 heavy (non-hydrogen) atoms. The van der Waals surface area contributed by atoms with Gasteiger partial charge < -0.3 is 23.1 Å². The van der Waals surface area contributed by atoms with Crippen molar-refractivity contribution in [2.45, 2.75) is 9.79 Å². The molecule has 2 aliphatic heterocycles. The molecule has 0 amide bonds. The van der Waals surface area contributed by atoms with Gasteiger partial charge in [-0.25, -0.2) is 16.8 Å². The molecule has 5 aromatic rings. The van der Waals surface area contributed by atoms with Gasteiger partial charge in [0.15, 0.2) is 7.14 Å². The second kappa shape index (κ2) is 13.7. The number of hydrogen-bond acceptors (Lipinski definition) is 10. The van der Waals surface area contributed by atoms with E-state index in [1.807, 2.05) is 42.5 Å². The maximum Gasteiger partial charge on any atom is 1.00 e. The average Bonchev–Trinajstić information content (AvgIpc) is 3.75. The molecule has 15 heteroatoms. The number of methoxy groups -OCH3 is 2. The summed E-state index contributed by atoms with van der Waals surface area (Å²) in [5, 5.41) is 1.43. The molecule has 0 saturated carbocycles. The Hall–Kier alpha value is -3.20. The monoisotopic (exact) mass is 770 g/mol. The van der Waals surface area contributed by atoms with Gasteiger partial charge in [-0.1, -0.05) is 36.4 Å². The first kappa shape index (κ1) is 36.6. The Balaban J connectivity index is 0.00000432. The van der Waals surface area contributed by atoms with E-state index in [0.717, 1.165) is 33.0 Å². The summed E-state index contributed by atoms with van der Waals surface area (Å²) in [6.45, 7) is 0. The SMILES string of the molecule is COc1ccc(C2=[S+]C3=C(c4ccc(S(=O)(=O)[O-])cc4S(=O)(=O)[O-])c4sc(-c5ccc(OC)cc5)cc4P(=O)(c4ccccc4)C3=C2)cc1.[Na+]. The molecule has 0 aliphatic carbocycles. The van der Waals surface area contributed by atoms with Crippen LogP contribution in [0.5, 0.6) is 11.5 Å². The van der Waals surface area contributed by atoms with E-state index >= 15 is 4.57 Å². The van der Waals surface area contributed by atoms with Crippen LogP contribution < -0.4 is 49.6 Å². The summed E-state index contributed by atoms with van der Waals surface area (Å²) in [6.07, 6.45) is 1.82. The molecule has 2 aliphatic rings. The third-order valence-corrected chi connectivity index (χ3v) is 15.7. The van der Waals surface area contributed by atoms with Crippen molar-refractivity contribution < 1.29 is 69.5 Å². The van der Waals surface area contributed by atoms with E-state index in [1.54, 1.807) is 62.8 Å². The van der Waals surface area contributed by atoms with Crippen molar-refractivity contribution >= 4 is 71.1 Å². The summed E-state index contributed by atoms with van der Waals surface area (Å²) in [4.78, 5) is 0.626. The van der Waals surface area contributed by atoms with E-state index in [2.05, 4.69) is 0 Å². The third kappa shape index (κ3) is 6.41. The molecule has 7 rings (SSSR count). The zero-order valence-corrected chi connectivity index (χ0v) is 32.8. The number of hydrogen-bond donors (Lipinski definition) is 0. The third-order valence-electron chi connectivity index (χ3n) is 8.21. The van der Waals surface area contributed by atoms with Crippen molar-refractivity contribution in [2.75, 3.05) is 14.2 Å². The fraction of sp³-hybridized carbons (Fsp3) is 0.0571. The van der Waals surface area contributed by atoms with Crippen LogP contribution in [-0.4, -0.2) is 45.0 Å². The summed E-state index contributed by atoms with van der Waals surface area (Å²) in [7, 11) is -11.0. The second-order valence-corrected chi connectivity index (χ2v) is 18.5. The van der Waals surface area contributed by atoms with Gasteiger partial charge in [-0.15, -0.1) is 11.3 Å². The van der Waals surface area contributed by atoms with Gasteiger partial charge in [-0.05, 0) is 72.3 Å². The van der Waals surface area contributed by atoms with Gasteiger partial charge in [0.1, 0.15) is 31.7 Å². The molecule has 0 fully saturated rings. The predicted octanol–water partition coefficient (Wildman–Crippen LogP) is 2.53. The number of ether oxygens (including phenoxy) is 2. The van der Waals surface area contributed by atoms with Crippen molar-refractivity contribution in [1.82, 2.24) is 0 Å². The molecule has 3 heterocycles. The van der Waals surface area contributed by atoms with E-state index < -0.39 is 37.2 Å². The second-order valence-electron chi connectivity index (χ2n) is 11.0. The Morgan fingerprint density at radius 1 is 0.740 bits per heavy atom. The molecule has 0 saturated heterocycles. The first-order chi connectivity index (χ1) is 23.3. The zero-order valence-electron chi connectivity index (χ0n) is 26.6. The molecule has 248 valence electrons. The van der Waals surface area contributed by atoms with Gasteiger partial charge in [0.25, 0.3) is 4.91 Å². The van der Waals surface area contributed by atoms with Crippen molar-refractivity contribution in [3.63, 3.8) is 0 Å². The maximum absolute atomic E-state index is 15.9. The van der Waals surface area contributed by atoms with Crippen LogP contribution in [0.15, 0.2) is 129 Å². The van der Waals surface area contributed by atoms with Gasteiger partial charge >= 0.3 is 29.6 Å². The summed E-state index contributed by atoms with van der Waals surface area (Å²) < 4.78 is 101. The maximum atomic E-state index is 15.9. The van der Waals surface area contributed by atoms with Crippen LogP contribution >= 0.6 is 18.5 Å². The molecule has 4 aromatic carbocycles. The van der Waals surface area contributed by atoms with E-state index in [9.17, 15) is 25.9 Å². The number of fused-ring (bicyclic) bond motifs is 2. The number of benzene rings is 4. The van der Waals surface area contributed by atoms with Gasteiger partial charge in [-0.3, -0.25) is 0 Å². The minimum absolute atomic E-state index is 0. The summed E-state index contributed by atoms with van der Waals surface area (Å²) >= 11 is 2.54. The van der Waals surface area contributed by atoms with Crippen molar-refractivity contribution in [1.29, 1.82) is 0 Å². The Labute approximate surface area is 319 Å². The van der Waals surface area contributed by atoms with E-state index in [-0.39, 0.29) is 35.1 Å². The van der Waals surface area contributed by atoms with Crippen LogP contribution in [0.3, 0.4) is 0 Å². The Bertz CT molecular complexity index is 2520. The van der Waals surface area contributed by atoms with Gasteiger partial charge in [0, 0.05) is 32.7 Å². The molecule has 9 nitrogen and oxygen atoms in total. The fourth-order valence-corrected chi connectivity index (χ4v) is 13.5. The summed E-state index contributed by atoms with van der Waals surface area (Å²) in [6, 6.07) is 28.1. The molecule has 1 unspecified atom stereocenters. The molecule has 0 bridgehead atoms. The first-order valence-electron chi connectivity index (χ1n) is 14.5. The molecule has 0 spiro atoms. The number of thiophene rings is 1. The summed E-state index contributed by atoms with van der Waals surface area (Å²) in [5.41, 5.74) is 1.76. The molecule has 0 N–H and O–H groups in total. The minimum atomic E-state index is -5.32. The van der Waals surface area contributed by atoms with Crippen LogP contribution in [0, 0.1) is 0 Å². The van der Waals surface area contributed by atoms with Crippen molar-refractivity contribution in [3.8, 4) is 21.9 Å². The van der Waals surface area contributed by atoms with Gasteiger partial charge in [0.05, 0.1) is 39.8 Å². The largest absolute Gasteiger partial charge is 1.00 e. The minimum Gasteiger partial charge on any atom is -0.744 e. The number of rotatable bonds is 8.